The second kappa shape index (κ2) is 2.69. The van der Waals surface area contributed by atoms with E-state index in [0.29, 0.717) is 0 Å². The van der Waals surface area contributed by atoms with Gasteiger partial charge in [-0.2, -0.15) is 13.2 Å². The van der Waals surface area contributed by atoms with Crippen LogP contribution in [0.4, 0.5) is 13.2 Å². The molecule has 0 fully saturated rings. The summed E-state index contributed by atoms with van der Waals surface area (Å²) in [7, 11) is 0. The van der Waals surface area contributed by atoms with Gasteiger partial charge in [-0.05, 0) is 0 Å². The minimum atomic E-state index is -5.28. The first-order valence-electron chi connectivity index (χ1n) is 2.20. The van der Waals surface area contributed by atoms with E-state index in [1.54, 1.807) is 0 Å². The van der Waals surface area contributed by atoms with Crippen LogP contribution in [0.5, 0.6) is 0 Å². The Morgan fingerprint density at radius 1 is 1.27 bits per heavy atom. The molecule has 62 valence electrons. The first-order valence-corrected chi connectivity index (χ1v) is 2.20. The highest BCUT2D eigenvalue weighted by Gasteiger charge is 2.43. The van der Waals surface area contributed by atoms with Crippen LogP contribution in [-0.4, -0.2) is 28.7 Å². The maximum Gasteiger partial charge on any atom is 0.456 e. The largest absolute Gasteiger partial charge is 0.476 e. The molecule has 0 unspecified atom stereocenters. The van der Waals surface area contributed by atoms with Gasteiger partial charge >= 0.3 is 12.1 Å². The number of alkyl halides is 3. The number of carbonyl (C=O) groups excluding carboxylic acids is 1. The van der Waals surface area contributed by atoms with Gasteiger partial charge in [-0.15, -0.1) is 0 Å². The van der Waals surface area contributed by atoms with Crippen LogP contribution in [0.1, 0.15) is 0 Å². The quantitative estimate of drug-likeness (QED) is 0.458. The normalized spacial score (nSPS) is 10.8. The second-order valence-electron chi connectivity index (χ2n) is 1.51. The molecule has 0 aromatic carbocycles. The molecule has 0 rings (SSSR count). The number of nitrogens with one attached hydrogen (secondary N) is 1. The van der Waals surface area contributed by atoms with Gasteiger partial charge in [-0.3, -0.25) is 10.2 Å². The van der Waals surface area contributed by atoms with Crippen LogP contribution in [0.25, 0.3) is 0 Å². The monoisotopic (exact) mass is 169 g/mol. The first-order chi connectivity index (χ1) is 4.76. The third kappa shape index (κ3) is 2.36. The Morgan fingerprint density at radius 2 is 1.64 bits per heavy atom. The topological polar surface area (TPSA) is 78.2 Å². The van der Waals surface area contributed by atoms with Gasteiger partial charge in [-0.1, -0.05) is 0 Å². The standard InChI is InChI=1S/C4H2F3NO3/c5-4(6,7)2(9)1(8)3(10)11/h8H,(H,10,11). The van der Waals surface area contributed by atoms with E-state index in [2.05, 4.69) is 0 Å². The third-order valence-corrected chi connectivity index (χ3v) is 0.698. The van der Waals surface area contributed by atoms with Gasteiger partial charge in [0.05, 0.1) is 0 Å². The predicted molar refractivity (Wildman–Crippen MR) is 26.4 cm³/mol. The van der Waals surface area contributed by atoms with Crippen LogP contribution < -0.4 is 0 Å². The number of hydrogen-bond acceptors (Lipinski definition) is 3. The Hall–Kier alpha value is -1.40. The highest BCUT2D eigenvalue weighted by molar-refractivity contribution is 6.64. The van der Waals surface area contributed by atoms with Crippen molar-refractivity contribution in [3.05, 3.63) is 0 Å². The molecule has 0 radical (unpaired) electrons. The van der Waals surface area contributed by atoms with Gasteiger partial charge in [0.2, 0.25) is 0 Å². The summed E-state index contributed by atoms with van der Waals surface area (Å²) in [6.45, 7) is 0. The summed E-state index contributed by atoms with van der Waals surface area (Å²) in [6, 6.07) is 0. The van der Waals surface area contributed by atoms with E-state index in [4.69, 9.17) is 10.5 Å². The lowest BCUT2D eigenvalue weighted by Crippen LogP contribution is -2.34. The molecule has 0 spiro atoms. The Morgan fingerprint density at radius 3 is 1.73 bits per heavy atom. The Balaban J connectivity index is 4.53. The van der Waals surface area contributed by atoms with Crippen LogP contribution in [-0.2, 0) is 9.59 Å². The maximum atomic E-state index is 11.3. The van der Waals surface area contributed by atoms with Crippen molar-refractivity contribution < 1.29 is 27.9 Å². The summed E-state index contributed by atoms with van der Waals surface area (Å²) in [4.78, 5) is 19.5. The molecule has 7 heteroatoms. The van der Waals surface area contributed by atoms with Crippen molar-refractivity contribution in [2.75, 3.05) is 0 Å². The molecule has 0 heterocycles. The lowest BCUT2D eigenvalue weighted by molar-refractivity contribution is -0.164. The number of carboxylic acid groups (broad SMARTS) is 1. The minimum absolute atomic E-state index is 1.97. The summed E-state index contributed by atoms with van der Waals surface area (Å²) >= 11 is 0. The molecule has 0 atom stereocenters. The first kappa shape index (κ1) is 9.60. The average molecular weight is 169 g/mol. The summed E-state index contributed by atoms with van der Waals surface area (Å²) in [5.41, 5.74) is -1.97. The molecule has 0 aliphatic heterocycles. The van der Waals surface area contributed by atoms with Crippen molar-refractivity contribution in [3.8, 4) is 0 Å². The molecule has 0 aliphatic rings. The SMILES string of the molecule is N=C(C(=O)O)C(=O)C(F)(F)F. The van der Waals surface area contributed by atoms with Crippen molar-refractivity contribution in [2.45, 2.75) is 6.18 Å². The average Bonchev–Trinajstić information content (AvgIpc) is 1.82. The predicted octanol–water partition coefficient (Wildman–Crippen LogP) is 0.222. The highest BCUT2D eigenvalue weighted by Crippen LogP contribution is 2.16. The number of carboxylic acids is 1. The molecule has 0 amide bonds. The molecular weight excluding hydrogens is 167 g/mol. The molecular formula is C4H2F3NO3. The van der Waals surface area contributed by atoms with E-state index in [9.17, 15) is 22.8 Å². The number of Topliss-reactive ketones (excluding diaryl/α,β-unsaturated/α-hetero) is 1. The summed E-state index contributed by atoms with van der Waals surface area (Å²) < 4.78 is 33.9. The van der Waals surface area contributed by atoms with Crippen LogP contribution in [0.3, 0.4) is 0 Å². The Labute approximate surface area is 58.1 Å². The number of rotatable bonds is 2. The Bertz CT molecular complexity index is 219. The van der Waals surface area contributed by atoms with Gasteiger partial charge in [0.25, 0.3) is 5.78 Å². The van der Waals surface area contributed by atoms with Crippen molar-refractivity contribution in [3.63, 3.8) is 0 Å². The van der Waals surface area contributed by atoms with Crippen LogP contribution in [0.2, 0.25) is 0 Å². The van der Waals surface area contributed by atoms with Gasteiger partial charge in [0.15, 0.2) is 5.71 Å². The molecule has 0 aromatic heterocycles. The lowest BCUT2D eigenvalue weighted by atomic mass is 10.2. The van der Waals surface area contributed by atoms with Crippen molar-refractivity contribution in [1.29, 1.82) is 5.41 Å². The van der Waals surface area contributed by atoms with Gasteiger partial charge in [-0.25, -0.2) is 4.79 Å². The van der Waals surface area contributed by atoms with Gasteiger partial charge in [0, 0.05) is 0 Å². The minimum Gasteiger partial charge on any atom is -0.476 e. The maximum absolute atomic E-state index is 11.3. The van der Waals surface area contributed by atoms with Gasteiger partial charge < -0.3 is 5.11 Å². The zero-order chi connectivity index (χ0) is 9.23. The molecule has 0 aliphatic carbocycles. The molecule has 4 nitrogen and oxygen atoms in total. The molecule has 0 aromatic rings. The molecule has 11 heavy (non-hydrogen) atoms. The van der Waals surface area contributed by atoms with E-state index in [1.165, 1.54) is 0 Å². The molecule has 0 saturated carbocycles. The fourth-order valence-electron chi connectivity index (χ4n) is 0.239. The summed E-state index contributed by atoms with van der Waals surface area (Å²) in [5.74, 6) is -4.84. The van der Waals surface area contributed by atoms with Crippen molar-refractivity contribution in [1.82, 2.24) is 0 Å². The number of halogens is 3. The second-order valence-corrected chi connectivity index (χ2v) is 1.51. The summed E-state index contributed by atoms with van der Waals surface area (Å²) in [5, 5.41) is 13.9. The number of carbonyl (C=O) groups is 2. The van der Waals surface area contributed by atoms with Crippen LogP contribution >= 0.6 is 0 Å². The van der Waals surface area contributed by atoms with E-state index in [0.717, 1.165) is 0 Å². The number of ketones is 1. The number of aliphatic carboxylic acids is 1. The zero-order valence-electron chi connectivity index (χ0n) is 4.90. The Kier molecular flexibility index (Phi) is 2.34. The van der Waals surface area contributed by atoms with Crippen LogP contribution in [0.15, 0.2) is 0 Å². The highest BCUT2D eigenvalue weighted by atomic mass is 19.4. The van der Waals surface area contributed by atoms with E-state index >= 15 is 0 Å². The molecule has 0 saturated heterocycles. The molecule has 2 N–H and O–H groups in total. The molecule has 0 bridgehead atoms. The fourth-order valence-corrected chi connectivity index (χ4v) is 0.239. The van der Waals surface area contributed by atoms with Crippen LogP contribution in [0, 0.1) is 5.41 Å². The smallest absolute Gasteiger partial charge is 0.456 e. The third-order valence-electron chi connectivity index (χ3n) is 0.698. The van der Waals surface area contributed by atoms with Crippen molar-refractivity contribution >= 4 is 17.5 Å². The van der Waals surface area contributed by atoms with Gasteiger partial charge in [0.1, 0.15) is 0 Å². The van der Waals surface area contributed by atoms with E-state index < -0.39 is 23.6 Å². The van der Waals surface area contributed by atoms with E-state index in [-0.39, 0.29) is 0 Å². The number of hydrogen-bond donors (Lipinski definition) is 2. The van der Waals surface area contributed by atoms with E-state index in [1.807, 2.05) is 0 Å². The zero-order valence-corrected chi connectivity index (χ0v) is 4.90. The lowest BCUT2D eigenvalue weighted by Gasteiger charge is -2.01. The fraction of sp³-hybridized carbons (Fsp3) is 0.250. The van der Waals surface area contributed by atoms with Crippen molar-refractivity contribution in [2.24, 2.45) is 0 Å². The summed E-state index contributed by atoms with van der Waals surface area (Å²) in [6.07, 6.45) is -5.28.